The normalized spacial score (nSPS) is 15.3. The molecule has 1 aromatic carbocycles. The SMILES string of the molecule is CCc1nc(C)c(C(=O)N2CCN(CCOc3ccccc3Cl)CC2)s1. The Bertz CT molecular complexity index is 757. The van der Waals surface area contributed by atoms with Crippen LogP contribution in [0, 0.1) is 6.92 Å². The second kappa shape index (κ2) is 8.84. The van der Waals surface area contributed by atoms with Crippen LogP contribution in [-0.4, -0.2) is 60.0 Å². The standard InChI is InChI=1S/C19H24ClN3O2S/c1-3-17-21-14(2)18(26-17)19(24)23-10-8-22(9-11-23)12-13-25-16-7-5-4-6-15(16)20/h4-7H,3,8-13H2,1-2H3. The Morgan fingerprint density at radius 1 is 1.27 bits per heavy atom. The van der Waals surface area contributed by atoms with Crippen molar-refractivity contribution in [2.24, 2.45) is 0 Å². The minimum absolute atomic E-state index is 0.117. The Morgan fingerprint density at radius 2 is 2.00 bits per heavy atom. The van der Waals surface area contributed by atoms with Gasteiger partial charge in [-0.1, -0.05) is 30.7 Å². The zero-order valence-electron chi connectivity index (χ0n) is 15.2. The van der Waals surface area contributed by atoms with E-state index in [9.17, 15) is 4.79 Å². The van der Waals surface area contributed by atoms with Crippen LogP contribution in [0.5, 0.6) is 5.75 Å². The maximum Gasteiger partial charge on any atom is 0.265 e. The lowest BCUT2D eigenvalue weighted by Crippen LogP contribution is -2.49. The van der Waals surface area contributed by atoms with Crippen molar-refractivity contribution in [3.05, 3.63) is 44.9 Å². The van der Waals surface area contributed by atoms with Gasteiger partial charge in [0.25, 0.3) is 5.91 Å². The van der Waals surface area contributed by atoms with E-state index in [0.29, 0.717) is 11.6 Å². The number of thiazole rings is 1. The second-order valence-electron chi connectivity index (χ2n) is 6.29. The van der Waals surface area contributed by atoms with Crippen molar-refractivity contribution in [3.63, 3.8) is 0 Å². The van der Waals surface area contributed by atoms with Gasteiger partial charge in [-0.3, -0.25) is 9.69 Å². The van der Waals surface area contributed by atoms with Gasteiger partial charge in [0.1, 0.15) is 17.2 Å². The third-order valence-electron chi connectivity index (χ3n) is 4.50. The molecule has 26 heavy (non-hydrogen) atoms. The molecule has 0 aliphatic carbocycles. The highest BCUT2D eigenvalue weighted by molar-refractivity contribution is 7.13. The van der Waals surface area contributed by atoms with Crippen molar-refractivity contribution in [1.29, 1.82) is 0 Å². The number of halogens is 1. The van der Waals surface area contributed by atoms with E-state index in [-0.39, 0.29) is 5.91 Å². The van der Waals surface area contributed by atoms with E-state index < -0.39 is 0 Å². The van der Waals surface area contributed by atoms with Gasteiger partial charge in [-0.05, 0) is 25.5 Å². The monoisotopic (exact) mass is 393 g/mol. The van der Waals surface area contributed by atoms with Crippen molar-refractivity contribution in [2.45, 2.75) is 20.3 Å². The highest BCUT2D eigenvalue weighted by Gasteiger charge is 2.25. The molecule has 1 aliphatic rings. The largest absolute Gasteiger partial charge is 0.491 e. The molecular formula is C19H24ClN3O2S. The van der Waals surface area contributed by atoms with Crippen molar-refractivity contribution in [3.8, 4) is 5.75 Å². The fourth-order valence-electron chi connectivity index (χ4n) is 2.97. The van der Waals surface area contributed by atoms with Gasteiger partial charge in [-0.15, -0.1) is 11.3 Å². The number of hydrogen-bond acceptors (Lipinski definition) is 5. The molecule has 2 aromatic rings. The van der Waals surface area contributed by atoms with Crippen LogP contribution in [0.3, 0.4) is 0 Å². The third kappa shape index (κ3) is 4.55. The number of benzene rings is 1. The molecule has 1 aliphatic heterocycles. The lowest BCUT2D eigenvalue weighted by molar-refractivity contribution is 0.0624. The summed E-state index contributed by atoms with van der Waals surface area (Å²) in [5.41, 5.74) is 0.854. The lowest BCUT2D eigenvalue weighted by atomic mass is 10.2. The number of carbonyl (C=O) groups is 1. The minimum Gasteiger partial charge on any atom is -0.491 e. The van der Waals surface area contributed by atoms with E-state index in [0.717, 1.165) is 60.5 Å². The summed E-state index contributed by atoms with van der Waals surface area (Å²) in [4.78, 5) is 22.2. The number of amides is 1. The average molecular weight is 394 g/mol. The Morgan fingerprint density at radius 3 is 2.65 bits per heavy atom. The van der Waals surface area contributed by atoms with Gasteiger partial charge in [0, 0.05) is 32.7 Å². The van der Waals surface area contributed by atoms with Gasteiger partial charge in [-0.25, -0.2) is 4.98 Å². The molecule has 0 radical (unpaired) electrons. The van der Waals surface area contributed by atoms with Gasteiger partial charge in [-0.2, -0.15) is 0 Å². The molecule has 0 saturated carbocycles. The Hall–Kier alpha value is -1.63. The van der Waals surface area contributed by atoms with Crippen LogP contribution >= 0.6 is 22.9 Å². The van der Waals surface area contributed by atoms with Gasteiger partial charge in [0.15, 0.2) is 0 Å². The predicted octanol–water partition coefficient (Wildman–Crippen LogP) is 3.50. The number of rotatable bonds is 6. The molecule has 3 rings (SSSR count). The van der Waals surface area contributed by atoms with E-state index in [4.69, 9.17) is 16.3 Å². The van der Waals surface area contributed by atoms with Crippen LogP contribution in [0.25, 0.3) is 0 Å². The van der Waals surface area contributed by atoms with Gasteiger partial charge in [0.2, 0.25) is 0 Å². The molecule has 0 N–H and O–H groups in total. The first-order valence-corrected chi connectivity index (χ1v) is 10.1. The molecule has 1 fully saturated rings. The summed E-state index contributed by atoms with van der Waals surface area (Å²) < 4.78 is 5.75. The number of aromatic nitrogens is 1. The minimum atomic E-state index is 0.117. The zero-order valence-corrected chi connectivity index (χ0v) is 16.8. The molecule has 0 atom stereocenters. The van der Waals surface area contributed by atoms with Crippen molar-refractivity contribution < 1.29 is 9.53 Å². The second-order valence-corrected chi connectivity index (χ2v) is 7.78. The van der Waals surface area contributed by atoms with E-state index >= 15 is 0 Å². The van der Waals surface area contributed by atoms with Crippen LogP contribution in [-0.2, 0) is 6.42 Å². The maximum absolute atomic E-state index is 12.7. The maximum atomic E-state index is 12.7. The lowest BCUT2D eigenvalue weighted by Gasteiger charge is -2.34. The van der Waals surface area contributed by atoms with E-state index in [1.807, 2.05) is 36.1 Å². The Balaban J connectivity index is 1.46. The first-order chi connectivity index (χ1) is 12.6. The fourth-order valence-corrected chi connectivity index (χ4v) is 4.13. The van der Waals surface area contributed by atoms with Crippen molar-refractivity contribution in [1.82, 2.24) is 14.8 Å². The molecule has 0 unspecified atom stereocenters. The van der Waals surface area contributed by atoms with Crippen LogP contribution in [0.4, 0.5) is 0 Å². The summed E-state index contributed by atoms with van der Waals surface area (Å²) in [7, 11) is 0. The number of aryl methyl sites for hydroxylation is 2. The number of carbonyl (C=O) groups excluding carboxylic acids is 1. The first-order valence-electron chi connectivity index (χ1n) is 8.93. The number of hydrogen-bond donors (Lipinski definition) is 0. The van der Waals surface area contributed by atoms with E-state index in [1.165, 1.54) is 11.3 Å². The van der Waals surface area contributed by atoms with Crippen LogP contribution in [0.15, 0.2) is 24.3 Å². The van der Waals surface area contributed by atoms with Crippen LogP contribution < -0.4 is 4.74 Å². The topological polar surface area (TPSA) is 45.7 Å². The summed E-state index contributed by atoms with van der Waals surface area (Å²) in [6.07, 6.45) is 0.873. The van der Waals surface area contributed by atoms with E-state index in [1.54, 1.807) is 0 Å². The molecule has 0 spiro atoms. The average Bonchev–Trinajstić information content (AvgIpc) is 3.04. The van der Waals surface area contributed by atoms with Crippen molar-refractivity contribution in [2.75, 3.05) is 39.3 Å². The van der Waals surface area contributed by atoms with Gasteiger partial charge < -0.3 is 9.64 Å². The number of nitrogens with zero attached hydrogens (tertiary/aromatic N) is 3. The quantitative estimate of drug-likeness (QED) is 0.753. The van der Waals surface area contributed by atoms with Gasteiger partial charge >= 0.3 is 0 Å². The Labute approximate surface area is 163 Å². The highest BCUT2D eigenvalue weighted by Crippen LogP contribution is 2.23. The number of piperazine rings is 1. The van der Waals surface area contributed by atoms with Gasteiger partial charge in [0.05, 0.1) is 15.7 Å². The van der Waals surface area contributed by atoms with Crippen LogP contribution in [0.1, 0.15) is 27.3 Å². The van der Waals surface area contributed by atoms with Crippen LogP contribution in [0.2, 0.25) is 5.02 Å². The Kier molecular flexibility index (Phi) is 6.51. The summed E-state index contributed by atoms with van der Waals surface area (Å²) in [5, 5.41) is 1.66. The molecule has 7 heteroatoms. The third-order valence-corrected chi connectivity index (χ3v) is 6.10. The zero-order chi connectivity index (χ0) is 18.5. The molecule has 5 nitrogen and oxygen atoms in total. The summed E-state index contributed by atoms with van der Waals surface area (Å²) in [6.45, 7) is 8.60. The molecule has 140 valence electrons. The molecule has 1 amide bonds. The smallest absolute Gasteiger partial charge is 0.265 e. The number of para-hydroxylation sites is 1. The summed E-state index contributed by atoms with van der Waals surface area (Å²) >= 11 is 7.62. The summed E-state index contributed by atoms with van der Waals surface area (Å²) in [5.74, 6) is 0.835. The first kappa shape index (κ1) is 19.1. The van der Waals surface area contributed by atoms with E-state index in [2.05, 4.69) is 16.8 Å². The number of ether oxygens (including phenoxy) is 1. The van der Waals surface area contributed by atoms with Crippen molar-refractivity contribution >= 4 is 28.8 Å². The molecule has 2 heterocycles. The summed E-state index contributed by atoms with van der Waals surface area (Å²) in [6, 6.07) is 7.50. The molecule has 0 bridgehead atoms. The molecule has 1 aromatic heterocycles. The molecule has 1 saturated heterocycles. The highest BCUT2D eigenvalue weighted by atomic mass is 35.5. The predicted molar refractivity (Wildman–Crippen MR) is 106 cm³/mol. The molecular weight excluding hydrogens is 370 g/mol. The fraction of sp³-hybridized carbons (Fsp3) is 0.474.